The van der Waals surface area contributed by atoms with Crippen LogP contribution in [-0.2, 0) is 11.3 Å². The normalized spacial score (nSPS) is 10.8. The van der Waals surface area contributed by atoms with Gasteiger partial charge in [-0.05, 0) is 49.4 Å². The summed E-state index contributed by atoms with van der Waals surface area (Å²) in [6.07, 6.45) is 2.05. The van der Waals surface area contributed by atoms with Crippen molar-refractivity contribution in [2.24, 2.45) is 0 Å². The molecule has 0 fully saturated rings. The first-order chi connectivity index (χ1) is 16.5. The van der Waals surface area contributed by atoms with Gasteiger partial charge in [0.1, 0.15) is 5.75 Å². The van der Waals surface area contributed by atoms with Crippen molar-refractivity contribution in [3.63, 3.8) is 0 Å². The van der Waals surface area contributed by atoms with E-state index < -0.39 is 0 Å². The molecule has 0 radical (unpaired) electrons. The number of ether oxygens (including phenoxy) is 1. The molecule has 0 saturated heterocycles. The third-order valence-corrected chi connectivity index (χ3v) is 6.48. The van der Waals surface area contributed by atoms with Crippen LogP contribution in [0.5, 0.6) is 5.75 Å². The van der Waals surface area contributed by atoms with Crippen molar-refractivity contribution in [1.82, 2.24) is 9.88 Å². The molecule has 174 valence electrons. The van der Waals surface area contributed by atoms with E-state index in [4.69, 9.17) is 4.74 Å². The zero-order valence-corrected chi connectivity index (χ0v) is 20.0. The van der Waals surface area contributed by atoms with Crippen molar-refractivity contribution in [3.05, 3.63) is 90.1 Å². The SMILES string of the molecule is COc1ccc(NC(=O)CSc2cn(CCNC(=O)c3ccc(C)cc3)c3ccccc23)cc1. The molecule has 0 unspecified atom stereocenters. The van der Waals surface area contributed by atoms with E-state index in [1.807, 2.05) is 73.8 Å². The summed E-state index contributed by atoms with van der Waals surface area (Å²) in [7, 11) is 1.61. The number of thioether (sulfide) groups is 1. The Morgan fingerprint density at radius 1 is 0.971 bits per heavy atom. The van der Waals surface area contributed by atoms with E-state index in [9.17, 15) is 9.59 Å². The lowest BCUT2D eigenvalue weighted by Crippen LogP contribution is -2.27. The van der Waals surface area contributed by atoms with Crippen LogP contribution < -0.4 is 15.4 Å². The number of nitrogens with zero attached hydrogens (tertiary/aromatic N) is 1. The number of anilines is 1. The van der Waals surface area contributed by atoms with Gasteiger partial charge in [0.2, 0.25) is 5.91 Å². The standard InChI is InChI=1S/C27H27N3O3S/c1-19-7-9-20(10-8-19)27(32)28-15-16-30-17-25(23-5-3-4-6-24(23)30)34-18-26(31)29-21-11-13-22(33-2)14-12-21/h3-14,17H,15-16,18H2,1-2H3,(H,28,32)(H,29,31). The molecule has 2 N–H and O–H groups in total. The second-order valence-corrected chi connectivity index (χ2v) is 8.91. The van der Waals surface area contributed by atoms with Crippen LogP contribution in [0.1, 0.15) is 15.9 Å². The minimum Gasteiger partial charge on any atom is -0.497 e. The van der Waals surface area contributed by atoms with Crippen LogP contribution in [-0.4, -0.2) is 35.8 Å². The van der Waals surface area contributed by atoms with Crippen molar-refractivity contribution in [2.45, 2.75) is 18.4 Å². The van der Waals surface area contributed by atoms with Crippen molar-refractivity contribution in [3.8, 4) is 5.75 Å². The summed E-state index contributed by atoms with van der Waals surface area (Å²) in [5.74, 6) is 0.887. The molecule has 4 aromatic rings. The summed E-state index contributed by atoms with van der Waals surface area (Å²) in [6, 6.07) is 22.9. The molecule has 0 bridgehead atoms. The Bertz CT molecular complexity index is 1280. The predicted octanol–water partition coefficient (Wildman–Crippen LogP) is 5.12. The minimum atomic E-state index is -0.0822. The zero-order chi connectivity index (χ0) is 23.9. The molecule has 0 atom stereocenters. The van der Waals surface area contributed by atoms with E-state index in [1.54, 1.807) is 7.11 Å². The maximum atomic E-state index is 12.5. The lowest BCUT2D eigenvalue weighted by Gasteiger charge is -2.08. The zero-order valence-electron chi connectivity index (χ0n) is 19.2. The quantitative estimate of drug-likeness (QED) is 0.331. The fourth-order valence-electron chi connectivity index (χ4n) is 3.62. The van der Waals surface area contributed by atoms with E-state index >= 15 is 0 Å². The summed E-state index contributed by atoms with van der Waals surface area (Å²) < 4.78 is 7.27. The number of nitrogens with one attached hydrogen (secondary N) is 2. The van der Waals surface area contributed by atoms with Crippen molar-refractivity contribution < 1.29 is 14.3 Å². The van der Waals surface area contributed by atoms with E-state index in [1.165, 1.54) is 11.8 Å². The maximum absolute atomic E-state index is 12.5. The van der Waals surface area contributed by atoms with Crippen LogP contribution in [0.3, 0.4) is 0 Å². The minimum absolute atomic E-state index is 0.0719. The number of fused-ring (bicyclic) bond motifs is 1. The lowest BCUT2D eigenvalue weighted by molar-refractivity contribution is -0.113. The molecule has 1 heterocycles. The average Bonchev–Trinajstić information content (AvgIpc) is 3.21. The lowest BCUT2D eigenvalue weighted by atomic mass is 10.1. The highest BCUT2D eigenvalue weighted by Crippen LogP contribution is 2.30. The second kappa shape index (κ2) is 10.9. The molecule has 1 aromatic heterocycles. The Hall–Kier alpha value is -3.71. The fourth-order valence-corrected chi connectivity index (χ4v) is 4.51. The Balaban J connectivity index is 1.36. The molecule has 0 aliphatic rings. The van der Waals surface area contributed by atoms with Gasteiger partial charge < -0.3 is 19.9 Å². The monoisotopic (exact) mass is 473 g/mol. The largest absolute Gasteiger partial charge is 0.497 e. The summed E-state index contributed by atoms with van der Waals surface area (Å²) in [5.41, 5.74) is 3.59. The van der Waals surface area contributed by atoms with Crippen LogP contribution >= 0.6 is 11.8 Å². The summed E-state index contributed by atoms with van der Waals surface area (Å²) in [4.78, 5) is 25.9. The molecule has 34 heavy (non-hydrogen) atoms. The summed E-state index contributed by atoms with van der Waals surface area (Å²) in [5, 5.41) is 6.99. The van der Waals surface area contributed by atoms with Crippen molar-refractivity contribution in [2.75, 3.05) is 24.7 Å². The number of rotatable bonds is 9. The molecule has 0 spiro atoms. The molecular formula is C27H27N3O3S. The topological polar surface area (TPSA) is 72.4 Å². The van der Waals surface area contributed by atoms with E-state index in [-0.39, 0.29) is 11.8 Å². The predicted molar refractivity (Wildman–Crippen MR) is 138 cm³/mol. The van der Waals surface area contributed by atoms with E-state index in [0.29, 0.717) is 24.4 Å². The number of carbonyl (C=O) groups excluding carboxylic acids is 2. The number of hydrogen-bond donors (Lipinski definition) is 2. The van der Waals surface area contributed by atoms with Crippen LogP contribution in [0.2, 0.25) is 0 Å². The average molecular weight is 474 g/mol. The van der Waals surface area contributed by atoms with Gasteiger partial charge in [-0.1, -0.05) is 35.9 Å². The van der Waals surface area contributed by atoms with Gasteiger partial charge in [-0.15, -0.1) is 11.8 Å². The Kier molecular flexibility index (Phi) is 7.54. The highest BCUT2D eigenvalue weighted by atomic mass is 32.2. The number of aryl methyl sites for hydroxylation is 1. The van der Waals surface area contributed by atoms with Gasteiger partial charge in [-0.25, -0.2) is 0 Å². The number of amides is 2. The third-order valence-electron chi connectivity index (χ3n) is 5.44. The molecular weight excluding hydrogens is 446 g/mol. The van der Waals surface area contributed by atoms with E-state index in [0.717, 1.165) is 32.8 Å². The van der Waals surface area contributed by atoms with E-state index in [2.05, 4.69) is 27.3 Å². The van der Waals surface area contributed by atoms with Gasteiger partial charge >= 0.3 is 0 Å². The number of carbonyl (C=O) groups is 2. The molecule has 6 nitrogen and oxygen atoms in total. The Morgan fingerprint density at radius 3 is 2.44 bits per heavy atom. The van der Waals surface area contributed by atoms with Gasteiger partial charge in [0.25, 0.3) is 5.91 Å². The number of aromatic nitrogens is 1. The Morgan fingerprint density at radius 2 is 1.71 bits per heavy atom. The van der Waals surface area contributed by atoms with Gasteiger partial charge in [0.15, 0.2) is 0 Å². The first-order valence-corrected chi connectivity index (χ1v) is 12.0. The first kappa shape index (κ1) is 23.4. The van der Waals surface area contributed by atoms with Crippen LogP contribution in [0, 0.1) is 6.92 Å². The molecule has 0 aliphatic heterocycles. The summed E-state index contributed by atoms with van der Waals surface area (Å²) in [6.45, 7) is 3.14. The maximum Gasteiger partial charge on any atom is 0.251 e. The second-order valence-electron chi connectivity index (χ2n) is 7.89. The van der Waals surface area contributed by atoms with Gasteiger partial charge in [-0.2, -0.15) is 0 Å². The number of benzene rings is 3. The highest BCUT2D eigenvalue weighted by molar-refractivity contribution is 8.00. The van der Waals surface area contributed by atoms with Crippen LogP contribution in [0.15, 0.2) is 83.9 Å². The molecule has 3 aromatic carbocycles. The molecule has 7 heteroatoms. The third kappa shape index (κ3) is 5.80. The number of para-hydroxylation sites is 1. The highest BCUT2D eigenvalue weighted by Gasteiger charge is 2.12. The molecule has 4 rings (SSSR count). The van der Waals surface area contributed by atoms with Crippen LogP contribution in [0.4, 0.5) is 5.69 Å². The first-order valence-electron chi connectivity index (χ1n) is 11.0. The van der Waals surface area contributed by atoms with Gasteiger partial charge in [0, 0.05) is 46.3 Å². The number of methoxy groups -OCH3 is 1. The molecule has 0 saturated carbocycles. The summed E-state index contributed by atoms with van der Waals surface area (Å²) >= 11 is 1.50. The number of hydrogen-bond acceptors (Lipinski definition) is 4. The molecule has 2 amide bonds. The Labute approximate surface area is 203 Å². The van der Waals surface area contributed by atoms with Gasteiger partial charge in [0.05, 0.1) is 12.9 Å². The smallest absolute Gasteiger partial charge is 0.251 e. The van der Waals surface area contributed by atoms with Gasteiger partial charge in [-0.3, -0.25) is 9.59 Å². The van der Waals surface area contributed by atoms with Crippen LogP contribution in [0.25, 0.3) is 10.9 Å². The van der Waals surface area contributed by atoms with Crippen molar-refractivity contribution in [1.29, 1.82) is 0 Å². The molecule has 0 aliphatic carbocycles. The van der Waals surface area contributed by atoms with Crippen molar-refractivity contribution >= 4 is 40.2 Å². The fraction of sp³-hybridized carbons (Fsp3) is 0.185.